The minimum atomic E-state index is -0.601. The van der Waals surface area contributed by atoms with Gasteiger partial charge in [0.25, 0.3) is 11.5 Å². The zero-order valence-corrected chi connectivity index (χ0v) is 18.1. The first kappa shape index (κ1) is 21.9. The van der Waals surface area contributed by atoms with Gasteiger partial charge in [-0.05, 0) is 55.0 Å². The number of hydrogen-bond donors (Lipinski definition) is 1. The van der Waals surface area contributed by atoms with Gasteiger partial charge in [0.15, 0.2) is 0 Å². The van der Waals surface area contributed by atoms with Crippen LogP contribution in [0.5, 0.6) is 5.75 Å². The van der Waals surface area contributed by atoms with Gasteiger partial charge in [-0.25, -0.2) is 9.37 Å². The summed E-state index contributed by atoms with van der Waals surface area (Å²) in [4.78, 5) is 29.3. The summed E-state index contributed by atoms with van der Waals surface area (Å²) in [6, 6.07) is 15.2. The van der Waals surface area contributed by atoms with Crippen molar-refractivity contribution in [3.63, 3.8) is 0 Å². The monoisotopic (exact) mass is 461 g/mol. The topological polar surface area (TPSA) is 109 Å². The zero-order chi connectivity index (χ0) is 23.4. The number of rotatable bonds is 6. The summed E-state index contributed by atoms with van der Waals surface area (Å²) in [6.45, 7) is 1.90. The van der Waals surface area contributed by atoms with Gasteiger partial charge in [-0.2, -0.15) is 14.9 Å². The predicted octanol–water partition coefficient (Wildman–Crippen LogP) is 3.72. The van der Waals surface area contributed by atoms with Crippen LogP contribution in [0.3, 0.4) is 0 Å². The molecule has 4 aromatic rings. The van der Waals surface area contributed by atoms with Crippen molar-refractivity contribution in [3.8, 4) is 11.8 Å². The van der Waals surface area contributed by atoms with Crippen LogP contribution >= 0.6 is 11.3 Å². The standard InChI is InChI=1S/C23H16FN5O3S/c1-14-28-29-21(30)11-19(27-23(29)33-14)13-32-20-8-2-15(3-9-20)10-16(12-25)22(31)26-18-6-4-17(24)5-7-18/h2-11H,13H2,1H3,(H,26,31). The van der Waals surface area contributed by atoms with Gasteiger partial charge >= 0.3 is 0 Å². The number of carbonyl (C=O) groups is 1. The highest BCUT2D eigenvalue weighted by Crippen LogP contribution is 2.17. The molecule has 2 heterocycles. The highest BCUT2D eigenvalue weighted by Gasteiger charge is 2.10. The van der Waals surface area contributed by atoms with Crippen LogP contribution in [0.1, 0.15) is 16.3 Å². The third-order valence-corrected chi connectivity index (χ3v) is 5.27. The Labute approximate surface area is 191 Å². The van der Waals surface area contributed by atoms with Crippen LogP contribution in [0.15, 0.2) is 65.0 Å². The maximum absolute atomic E-state index is 13.0. The number of aromatic nitrogens is 3. The van der Waals surface area contributed by atoms with E-state index in [9.17, 15) is 19.2 Å². The first-order valence-corrected chi connectivity index (χ1v) is 10.5. The van der Waals surface area contributed by atoms with Gasteiger partial charge in [0.2, 0.25) is 4.96 Å². The van der Waals surface area contributed by atoms with Gasteiger partial charge in [0, 0.05) is 11.8 Å². The molecule has 0 atom stereocenters. The number of aryl methyl sites for hydroxylation is 1. The van der Waals surface area contributed by atoms with Gasteiger partial charge in [-0.1, -0.05) is 23.5 Å². The van der Waals surface area contributed by atoms with Crippen molar-refractivity contribution in [1.82, 2.24) is 14.6 Å². The Morgan fingerprint density at radius 2 is 1.97 bits per heavy atom. The van der Waals surface area contributed by atoms with E-state index in [4.69, 9.17) is 4.74 Å². The van der Waals surface area contributed by atoms with E-state index in [0.717, 1.165) is 5.01 Å². The van der Waals surface area contributed by atoms with E-state index in [0.29, 0.717) is 27.7 Å². The highest BCUT2D eigenvalue weighted by molar-refractivity contribution is 7.16. The first-order valence-electron chi connectivity index (χ1n) is 9.69. The summed E-state index contributed by atoms with van der Waals surface area (Å²) in [5.74, 6) is -0.493. The maximum atomic E-state index is 13.0. The minimum absolute atomic E-state index is 0.0986. The smallest absolute Gasteiger partial charge is 0.275 e. The van der Waals surface area contributed by atoms with E-state index in [1.54, 1.807) is 31.2 Å². The Kier molecular flexibility index (Phi) is 6.24. The number of halogens is 1. The van der Waals surface area contributed by atoms with Crippen LogP contribution in [0.4, 0.5) is 10.1 Å². The Morgan fingerprint density at radius 1 is 1.24 bits per heavy atom. The molecular weight excluding hydrogens is 445 g/mol. The van der Waals surface area contributed by atoms with Gasteiger partial charge in [-0.3, -0.25) is 9.59 Å². The lowest BCUT2D eigenvalue weighted by molar-refractivity contribution is -0.112. The van der Waals surface area contributed by atoms with Crippen LogP contribution in [0, 0.1) is 24.1 Å². The Morgan fingerprint density at radius 3 is 2.67 bits per heavy atom. The van der Waals surface area contributed by atoms with Crippen molar-refractivity contribution in [2.45, 2.75) is 13.5 Å². The predicted molar refractivity (Wildman–Crippen MR) is 121 cm³/mol. The summed E-state index contributed by atoms with van der Waals surface area (Å²) < 4.78 is 20.0. The molecule has 0 aliphatic rings. The average molecular weight is 461 g/mol. The first-order chi connectivity index (χ1) is 15.9. The number of nitrogens with one attached hydrogen (secondary N) is 1. The molecule has 164 valence electrons. The number of nitrogens with zero attached hydrogens (tertiary/aromatic N) is 4. The summed E-state index contributed by atoms with van der Waals surface area (Å²) in [7, 11) is 0. The zero-order valence-electron chi connectivity index (χ0n) is 17.3. The number of amides is 1. The molecule has 0 radical (unpaired) electrons. The third-order valence-electron chi connectivity index (χ3n) is 4.44. The fraction of sp³-hybridized carbons (Fsp3) is 0.0870. The van der Waals surface area contributed by atoms with E-state index in [1.807, 2.05) is 6.07 Å². The lowest BCUT2D eigenvalue weighted by Crippen LogP contribution is -2.16. The van der Waals surface area contributed by atoms with Gasteiger partial charge < -0.3 is 10.1 Å². The molecule has 0 aliphatic heterocycles. The maximum Gasteiger partial charge on any atom is 0.275 e. The summed E-state index contributed by atoms with van der Waals surface area (Å²) in [5.41, 5.74) is 1.10. The van der Waals surface area contributed by atoms with Crippen LogP contribution in [-0.4, -0.2) is 20.5 Å². The lowest BCUT2D eigenvalue weighted by Gasteiger charge is -2.06. The fourth-order valence-corrected chi connectivity index (χ4v) is 3.66. The molecule has 0 fully saturated rings. The summed E-state index contributed by atoms with van der Waals surface area (Å²) >= 11 is 1.32. The van der Waals surface area contributed by atoms with E-state index in [1.165, 1.54) is 52.3 Å². The second-order valence-electron chi connectivity index (χ2n) is 6.89. The molecule has 1 amide bonds. The van der Waals surface area contributed by atoms with Crippen molar-refractivity contribution >= 4 is 34.0 Å². The van der Waals surface area contributed by atoms with Gasteiger partial charge in [0.1, 0.15) is 34.8 Å². The molecule has 0 spiro atoms. The number of nitriles is 1. The van der Waals surface area contributed by atoms with Crippen LogP contribution in [0.2, 0.25) is 0 Å². The number of fused-ring (bicyclic) bond motifs is 1. The highest BCUT2D eigenvalue weighted by atomic mass is 32.1. The van der Waals surface area contributed by atoms with Crippen molar-refractivity contribution in [2.24, 2.45) is 0 Å². The molecular formula is C23H16FN5O3S. The Hall–Kier alpha value is -4.36. The minimum Gasteiger partial charge on any atom is -0.487 e. The van der Waals surface area contributed by atoms with E-state index in [-0.39, 0.29) is 17.7 Å². The van der Waals surface area contributed by atoms with E-state index >= 15 is 0 Å². The van der Waals surface area contributed by atoms with Crippen molar-refractivity contribution in [2.75, 3.05) is 5.32 Å². The number of carbonyl (C=O) groups excluding carboxylic acids is 1. The molecule has 0 bridgehead atoms. The Bertz CT molecular complexity index is 1450. The number of hydrogen-bond acceptors (Lipinski definition) is 7. The molecule has 4 rings (SSSR count). The third kappa shape index (κ3) is 5.28. The van der Waals surface area contributed by atoms with Crippen LogP contribution < -0.4 is 15.6 Å². The average Bonchev–Trinajstić information content (AvgIpc) is 3.19. The number of benzene rings is 2. The van der Waals surface area contributed by atoms with Crippen molar-refractivity contribution in [1.29, 1.82) is 5.26 Å². The normalized spacial score (nSPS) is 11.2. The fourth-order valence-electron chi connectivity index (χ4n) is 2.89. The van der Waals surface area contributed by atoms with Gasteiger partial charge in [0.05, 0.1) is 5.69 Å². The molecule has 1 N–H and O–H groups in total. The SMILES string of the molecule is Cc1nn2c(=O)cc(COc3ccc(C=C(C#N)C(=O)Nc4ccc(F)cc4)cc3)nc2s1. The molecule has 0 unspecified atom stereocenters. The second kappa shape index (κ2) is 9.42. The molecule has 33 heavy (non-hydrogen) atoms. The summed E-state index contributed by atoms with van der Waals surface area (Å²) in [5, 5.41) is 16.7. The molecule has 2 aromatic heterocycles. The quantitative estimate of drug-likeness (QED) is 0.346. The van der Waals surface area contributed by atoms with Gasteiger partial charge in [-0.15, -0.1) is 0 Å². The molecule has 0 aliphatic carbocycles. The summed E-state index contributed by atoms with van der Waals surface area (Å²) in [6.07, 6.45) is 1.44. The Balaban J connectivity index is 1.42. The van der Waals surface area contributed by atoms with E-state index < -0.39 is 11.7 Å². The second-order valence-corrected chi connectivity index (χ2v) is 8.05. The van der Waals surface area contributed by atoms with E-state index in [2.05, 4.69) is 15.4 Å². The number of ether oxygens (including phenoxy) is 1. The van der Waals surface area contributed by atoms with Crippen LogP contribution in [-0.2, 0) is 11.4 Å². The molecule has 2 aromatic carbocycles. The van der Waals surface area contributed by atoms with Crippen molar-refractivity contribution < 1.29 is 13.9 Å². The molecule has 0 saturated heterocycles. The molecule has 8 nitrogen and oxygen atoms in total. The molecule has 0 saturated carbocycles. The molecule has 10 heteroatoms. The largest absolute Gasteiger partial charge is 0.487 e. The van der Waals surface area contributed by atoms with Crippen LogP contribution in [0.25, 0.3) is 11.0 Å². The van der Waals surface area contributed by atoms with Crippen molar-refractivity contribution in [3.05, 3.63) is 92.6 Å². The number of anilines is 1. The lowest BCUT2D eigenvalue weighted by atomic mass is 10.1.